The summed E-state index contributed by atoms with van der Waals surface area (Å²) >= 11 is 10.2. The summed E-state index contributed by atoms with van der Waals surface area (Å²) in [5.41, 5.74) is 0.319. The van der Waals surface area contributed by atoms with Gasteiger partial charge in [-0.3, -0.25) is 0 Å². The molecule has 1 rings (SSSR count). The summed E-state index contributed by atoms with van der Waals surface area (Å²) in [6.45, 7) is 0. The molecule has 0 spiro atoms. The minimum Gasteiger partial charge on any atom is -0.186 e. The average Bonchev–Trinajstić information content (AvgIpc) is 2.03. The first kappa shape index (κ1) is 9.75. The van der Waals surface area contributed by atoms with E-state index in [4.69, 9.17) is 23.2 Å². The van der Waals surface area contributed by atoms with E-state index in [1.54, 1.807) is 18.2 Å². The number of hydrogen-bond acceptors (Lipinski definition) is 0. The molecule has 0 aliphatic rings. The van der Waals surface area contributed by atoms with Crippen LogP contribution >= 0.6 is 23.2 Å². The van der Waals surface area contributed by atoms with Crippen LogP contribution in [0.4, 0.5) is 8.78 Å². The predicted octanol–water partition coefficient (Wildman–Crippen LogP) is 3.80. The molecular formula is C8H6Cl2F2. The van der Waals surface area contributed by atoms with E-state index >= 15 is 0 Å². The van der Waals surface area contributed by atoms with Crippen molar-refractivity contribution in [1.82, 2.24) is 0 Å². The molecule has 0 radical (unpaired) electrons. The zero-order chi connectivity index (χ0) is 9.19. The fraction of sp³-hybridized carbons (Fsp3) is 0.250. The van der Waals surface area contributed by atoms with Crippen LogP contribution in [0.3, 0.4) is 0 Å². The molecule has 4 heteroatoms. The van der Waals surface area contributed by atoms with E-state index in [2.05, 4.69) is 0 Å². The second-order valence-electron chi connectivity index (χ2n) is 2.31. The molecule has 0 amide bonds. The first-order valence-corrected chi connectivity index (χ1v) is 4.09. The highest BCUT2D eigenvalue weighted by molar-refractivity contribution is 6.30. The maximum atomic E-state index is 12.4. The summed E-state index contributed by atoms with van der Waals surface area (Å²) in [6.07, 6.45) is 0. The third-order valence-electron chi connectivity index (χ3n) is 1.38. The van der Waals surface area contributed by atoms with Crippen molar-refractivity contribution in [3.8, 4) is 0 Å². The van der Waals surface area contributed by atoms with Crippen molar-refractivity contribution in [3.63, 3.8) is 0 Å². The maximum absolute atomic E-state index is 12.4. The van der Waals surface area contributed by atoms with Gasteiger partial charge in [-0.15, -0.1) is 11.6 Å². The smallest absolute Gasteiger partial charge is 0.186 e. The number of benzene rings is 1. The van der Waals surface area contributed by atoms with Crippen molar-refractivity contribution in [1.29, 1.82) is 0 Å². The lowest BCUT2D eigenvalue weighted by Crippen LogP contribution is -2.13. The molecule has 1 unspecified atom stereocenters. The summed E-state index contributed by atoms with van der Waals surface area (Å²) in [4.78, 5) is 0. The van der Waals surface area contributed by atoms with E-state index in [0.717, 1.165) is 0 Å². The molecule has 66 valence electrons. The molecule has 12 heavy (non-hydrogen) atoms. The highest BCUT2D eigenvalue weighted by Gasteiger charge is 2.36. The SMILES string of the molecule is FC(F)(Cl)C(Cl)c1ccccc1. The van der Waals surface area contributed by atoms with Gasteiger partial charge >= 0.3 is 5.38 Å². The van der Waals surface area contributed by atoms with Gasteiger partial charge in [0.25, 0.3) is 0 Å². The fourth-order valence-corrected chi connectivity index (χ4v) is 1.08. The van der Waals surface area contributed by atoms with Gasteiger partial charge in [-0.25, -0.2) is 0 Å². The lowest BCUT2D eigenvalue weighted by molar-refractivity contribution is 0.0909. The standard InChI is InChI=1S/C8H6Cl2F2/c9-7(8(10,11)12)6-4-2-1-3-5-6/h1-5,7H. The van der Waals surface area contributed by atoms with Crippen LogP contribution in [-0.4, -0.2) is 5.38 Å². The van der Waals surface area contributed by atoms with Crippen molar-refractivity contribution in [2.75, 3.05) is 0 Å². The van der Waals surface area contributed by atoms with E-state index in [1.807, 2.05) is 0 Å². The fourth-order valence-electron chi connectivity index (χ4n) is 0.811. The lowest BCUT2D eigenvalue weighted by atomic mass is 10.1. The second-order valence-corrected chi connectivity index (χ2v) is 3.26. The van der Waals surface area contributed by atoms with Crippen LogP contribution in [-0.2, 0) is 0 Å². The topological polar surface area (TPSA) is 0 Å². The molecule has 0 saturated heterocycles. The molecule has 1 aromatic rings. The first-order valence-electron chi connectivity index (χ1n) is 3.27. The number of alkyl halides is 4. The van der Waals surface area contributed by atoms with Gasteiger partial charge in [-0.1, -0.05) is 30.3 Å². The maximum Gasteiger partial charge on any atom is 0.341 e. The normalized spacial score (nSPS) is 14.3. The number of rotatable bonds is 2. The Bertz CT molecular complexity index is 243. The lowest BCUT2D eigenvalue weighted by Gasteiger charge is -2.14. The van der Waals surface area contributed by atoms with Crippen LogP contribution in [0.25, 0.3) is 0 Å². The third kappa shape index (κ3) is 2.32. The Morgan fingerprint density at radius 1 is 1.17 bits per heavy atom. The molecule has 1 aromatic carbocycles. The van der Waals surface area contributed by atoms with E-state index in [9.17, 15) is 8.78 Å². The Labute approximate surface area is 79.1 Å². The molecular weight excluding hydrogens is 205 g/mol. The quantitative estimate of drug-likeness (QED) is 0.652. The zero-order valence-corrected chi connectivity index (χ0v) is 7.49. The number of halogens is 4. The highest BCUT2D eigenvalue weighted by Crippen LogP contribution is 2.39. The van der Waals surface area contributed by atoms with Crippen LogP contribution in [0.5, 0.6) is 0 Å². The molecule has 0 bridgehead atoms. The largest absolute Gasteiger partial charge is 0.341 e. The molecule has 0 aromatic heterocycles. The summed E-state index contributed by atoms with van der Waals surface area (Å²) in [5.74, 6) is 0. The highest BCUT2D eigenvalue weighted by atomic mass is 35.5. The Morgan fingerprint density at radius 3 is 2.08 bits per heavy atom. The van der Waals surface area contributed by atoms with Gasteiger partial charge in [0, 0.05) is 0 Å². The van der Waals surface area contributed by atoms with Gasteiger partial charge in [0.1, 0.15) is 5.38 Å². The van der Waals surface area contributed by atoms with Gasteiger partial charge < -0.3 is 0 Å². The molecule has 0 nitrogen and oxygen atoms in total. The molecule has 0 fully saturated rings. The van der Waals surface area contributed by atoms with Crippen LogP contribution < -0.4 is 0 Å². The van der Waals surface area contributed by atoms with Gasteiger partial charge in [-0.2, -0.15) is 8.78 Å². The van der Waals surface area contributed by atoms with Crippen LogP contribution in [0, 0.1) is 0 Å². The van der Waals surface area contributed by atoms with Crippen molar-refractivity contribution < 1.29 is 8.78 Å². The van der Waals surface area contributed by atoms with Gasteiger partial charge in [0.2, 0.25) is 0 Å². The average molecular weight is 211 g/mol. The van der Waals surface area contributed by atoms with Crippen LogP contribution in [0.15, 0.2) is 30.3 Å². The van der Waals surface area contributed by atoms with E-state index in [1.165, 1.54) is 12.1 Å². The molecule has 0 heterocycles. The Morgan fingerprint density at radius 2 is 1.67 bits per heavy atom. The van der Waals surface area contributed by atoms with Crippen molar-refractivity contribution in [3.05, 3.63) is 35.9 Å². The van der Waals surface area contributed by atoms with Crippen molar-refractivity contribution in [2.45, 2.75) is 10.8 Å². The first-order chi connectivity index (χ1) is 5.52. The minimum absolute atomic E-state index is 0.319. The van der Waals surface area contributed by atoms with Crippen molar-refractivity contribution >= 4 is 23.2 Å². The van der Waals surface area contributed by atoms with Crippen LogP contribution in [0.2, 0.25) is 0 Å². The van der Waals surface area contributed by atoms with Crippen LogP contribution in [0.1, 0.15) is 10.9 Å². The van der Waals surface area contributed by atoms with E-state index in [-0.39, 0.29) is 0 Å². The summed E-state index contributed by atoms with van der Waals surface area (Å²) < 4.78 is 24.9. The molecule has 0 aliphatic heterocycles. The summed E-state index contributed by atoms with van der Waals surface area (Å²) in [7, 11) is 0. The van der Waals surface area contributed by atoms with E-state index in [0.29, 0.717) is 5.56 Å². The van der Waals surface area contributed by atoms with Gasteiger partial charge in [-0.05, 0) is 17.2 Å². The Balaban J connectivity index is 2.86. The Hall–Kier alpha value is -0.340. The summed E-state index contributed by atoms with van der Waals surface area (Å²) in [6, 6.07) is 8.00. The molecule has 0 saturated carbocycles. The second kappa shape index (κ2) is 3.58. The van der Waals surface area contributed by atoms with E-state index < -0.39 is 10.8 Å². The zero-order valence-electron chi connectivity index (χ0n) is 5.98. The Kier molecular flexibility index (Phi) is 2.91. The predicted molar refractivity (Wildman–Crippen MR) is 45.8 cm³/mol. The molecule has 1 atom stereocenters. The third-order valence-corrected chi connectivity index (χ3v) is 2.24. The van der Waals surface area contributed by atoms with Crippen molar-refractivity contribution in [2.24, 2.45) is 0 Å². The van der Waals surface area contributed by atoms with Gasteiger partial charge in [0.05, 0.1) is 0 Å². The van der Waals surface area contributed by atoms with Gasteiger partial charge in [0.15, 0.2) is 0 Å². The number of hydrogen-bond donors (Lipinski definition) is 0. The monoisotopic (exact) mass is 210 g/mol. The summed E-state index contributed by atoms with van der Waals surface area (Å²) in [5, 5.41) is -4.87. The molecule has 0 aliphatic carbocycles. The minimum atomic E-state index is -3.40. The molecule has 0 N–H and O–H groups in total.